The van der Waals surface area contributed by atoms with Gasteiger partial charge in [-0.2, -0.15) is 0 Å². The van der Waals surface area contributed by atoms with Gasteiger partial charge in [-0.3, -0.25) is 4.79 Å². The highest BCUT2D eigenvalue weighted by molar-refractivity contribution is 6.11. The summed E-state index contributed by atoms with van der Waals surface area (Å²) in [5.41, 5.74) is 10.5. The monoisotopic (exact) mass is 459 g/mol. The molecule has 0 bridgehead atoms. The Kier molecular flexibility index (Phi) is 5.57. The quantitative estimate of drug-likeness (QED) is 0.439. The number of nitrogens with one attached hydrogen (secondary N) is 1. The van der Waals surface area contributed by atoms with Crippen molar-refractivity contribution < 1.29 is 19.0 Å². The van der Waals surface area contributed by atoms with Gasteiger partial charge in [0.15, 0.2) is 11.5 Å². The molecule has 1 unspecified atom stereocenters. The highest BCUT2D eigenvalue weighted by atomic mass is 16.5. The fourth-order valence-corrected chi connectivity index (χ4v) is 5.05. The van der Waals surface area contributed by atoms with Crippen molar-refractivity contribution in [3.8, 4) is 17.2 Å². The van der Waals surface area contributed by atoms with Crippen LogP contribution in [0.1, 0.15) is 34.5 Å². The third-order valence-corrected chi connectivity index (χ3v) is 6.82. The number of ether oxygens (including phenoxy) is 3. The number of benzene rings is 3. The maximum atomic E-state index is 13.7. The van der Waals surface area contributed by atoms with Crippen molar-refractivity contribution in [2.75, 3.05) is 39.3 Å². The standard InChI is InChI=1S/C27H29N3O4/c1-15(14-28)20-13-22-19(17-7-5-6-8-18(17)20)9-10-30(22)27(31)21-11-16-12-23(32-2)25(33-3)26(34-4)24(16)29-21/h5-8,11-13,15,29H,9-10,14,28H2,1-4H3. The van der Waals surface area contributed by atoms with E-state index in [1.165, 1.54) is 21.9 Å². The van der Waals surface area contributed by atoms with Crippen LogP contribution in [0, 0.1) is 0 Å². The lowest BCUT2D eigenvalue weighted by atomic mass is 9.91. The number of methoxy groups -OCH3 is 3. The zero-order chi connectivity index (χ0) is 24.0. The molecule has 1 aliphatic heterocycles. The van der Waals surface area contributed by atoms with E-state index in [4.69, 9.17) is 19.9 Å². The molecule has 176 valence electrons. The van der Waals surface area contributed by atoms with Crippen LogP contribution < -0.4 is 24.8 Å². The van der Waals surface area contributed by atoms with E-state index in [1.54, 1.807) is 21.3 Å². The second kappa shape index (κ2) is 8.57. The Morgan fingerprint density at radius 3 is 2.47 bits per heavy atom. The molecule has 7 nitrogen and oxygen atoms in total. The molecule has 1 aliphatic rings. The van der Waals surface area contributed by atoms with Crippen LogP contribution in [-0.2, 0) is 6.42 Å². The van der Waals surface area contributed by atoms with Gasteiger partial charge in [0, 0.05) is 17.6 Å². The van der Waals surface area contributed by atoms with Gasteiger partial charge < -0.3 is 29.8 Å². The molecule has 1 amide bonds. The molecule has 7 heteroatoms. The normalized spacial score (nSPS) is 13.9. The Hall–Kier alpha value is -3.71. The summed E-state index contributed by atoms with van der Waals surface area (Å²) in [5.74, 6) is 1.63. The highest BCUT2D eigenvalue weighted by Gasteiger charge is 2.30. The number of aromatic amines is 1. The minimum atomic E-state index is -0.0865. The number of carbonyl (C=O) groups excluding carboxylic acids is 1. The molecule has 4 aromatic rings. The second-order valence-corrected chi connectivity index (χ2v) is 8.65. The summed E-state index contributed by atoms with van der Waals surface area (Å²) >= 11 is 0. The first-order valence-electron chi connectivity index (χ1n) is 11.4. The van der Waals surface area contributed by atoms with E-state index in [0.717, 1.165) is 17.5 Å². The Balaban J connectivity index is 1.62. The molecule has 0 spiro atoms. The number of hydrogen-bond donors (Lipinski definition) is 2. The zero-order valence-electron chi connectivity index (χ0n) is 19.9. The average Bonchev–Trinajstić information content (AvgIpc) is 3.50. The molecule has 0 saturated heterocycles. The van der Waals surface area contributed by atoms with Crippen molar-refractivity contribution in [1.82, 2.24) is 4.98 Å². The molecule has 5 rings (SSSR count). The smallest absolute Gasteiger partial charge is 0.274 e. The Labute approximate surface area is 198 Å². The summed E-state index contributed by atoms with van der Waals surface area (Å²) in [4.78, 5) is 18.9. The molecule has 0 radical (unpaired) electrons. The lowest BCUT2D eigenvalue weighted by Crippen LogP contribution is -2.29. The number of anilines is 1. The Morgan fingerprint density at radius 2 is 1.79 bits per heavy atom. The van der Waals surface area contributed by atoms with E-state index in [1.807, 2.05) is 17.0 Å². The summed E-state index contributed by atoms with van der Waals surface area (Å²) in [6.45, 7) is 3.29. The number of rotatable bonds is 6. The number of nitrogens with two attached hydrogens (primary N) is 1. The van der Waals surface area contributed by atoms with Crippen molar-refractivity contribution in [3.63, 3.8) is 0 Å². The summed E-state index contributed by atoms with van der Waals surface area (Å²) in [7, 11) is 4.71. The molecule has 0 fully saturated rings. The SMILES string of the molecule is COc1cc2cc(C(=O)N3CCc4c3cc(C(C)CN)c3ccccc43)[nH]c2c(OC)c1OC. The first-order valence-corrected chi connectivity index (χ1v) is 11.4. The van der Waals surface area contributed by atoms with Gasteiger partial charge >= 0.3 is 0 Å². The number of aromatic nitrogens is 1. The van der Waals surface area contributed by atoms with Crippen LogP contribution >= 0.6 is 0 Å². The predicted molar refractivity (Wildman–Crippen MR) is 135 cm³/mol. The van der Waals surface area contributed by atoms with Gasteiger partial charge in [-0.1, -0.05) is 31.2 Å². The second-order valence-electron chi connectivity index (χ2n) is 8.65. The number of hydrogen-bond acceptors (Lipinski definition) is 5. The minimum absolute atomic E-state index is 0.0865. The lowest BCUT2D eigenvalue weighted by Gasteiger charge is -2.21. The van der Waals surface area contributed by atoms with E-state index in [-0.39, 0.29) is 11.8 Å². The van der Waals surface area contributed by atoms with Crippen molar-refractivity contribution >= 4 is 33.3 Å². The van der Waals surface area contributed by atoms with Gasteiger partial charge in [-0.05, 0) is 59.0 Å². The van der Waals surface area contributed by atoms with Crippen molar-refractivity contribution in [1.29, 1.82) is 0 Å². The van der Waals surface area contributed by atoms with Gasteiger partial charge in [-0.15, -0.1) is 0 Å². The molecule has 0 saturated carbocycles. The molecular weight excluding hydrogens is 430 g/mol. The molecule has 1 aromatic heterocycles. The van der Waals surface area contributed by atoms with E-state index < -0.39 is 0 Å². The summed E-state index contributed by atoms with van der Waals surface area (Å²) < 4.78 is 16.6. The van der Waals surface area contributed by atoms with E-state index >= 15 is 0 Å². The number of H-pyrrole nitrogens is 1. The van der Waals surface area contributed by atoms with Gasteiger partial charge in [0.05, 0.1) is 26.8 Å². The molecule has 3 aromatic carbocycles. The van der Waals surface area contributed by atoms with Crippen molar-refractivity contribution in [3.05, 3.63) is 59.3 Å². The van der Waals surface area contributed by atoms with E-state index in [0.29, 0.717) is 41.5 Å². The van der Waals surface area contributed by atoms with Crippen molar-refractivity contribution in [2.24, 2.45) is 5.73 Å². The first kappa shape index (κ1) is 22.1. The van der Waals surface area contributed by atoms with Crippen LogP contribution in [-0.4, -0.2) is 45.3 Å². The average molecular weight is 460 g/mol. The number of nitrogens with zero attached hydrogens (tertiary/aromatic N) is 1. The van der Waals surface area contributed by atoms with Gasteiger partial charge in [0.2, 0.25) is 5.75 Å². The lowest BCUT2D eigenvalue weighted by molar-refractivity contribution is 0.0985. The van der Waals surface area contributed by atoms with Crippen LogP contribution in [0.15, 0.2) is 42.5 Å². The van der Waals surface area contributed by atoms with E-state index in [2.05, 4.69) is 42.2 Å². The Morgan fingerprint density at radius 1 is 1.06 bits per heavy atom. The van der Waals surface area contributed by atoms with Crippen LogP contribution in [0.5, 0.6) is 17.2 Å². The third-order valence-electron chi connectivity index (χ3n) is 6.82. The number of fused-ring (bicyclic) bond motifs is 4. The fourth-order valence-electron chi connectivity index (χ4n) is 5.05. The van der Waals surface area contributed by atoms with Gasteiger partial charge in [0.1, 0.15) is 5.69 Å². The van der Waals surface area contributed by atoms with Crippen molar-refractivity contribution in [2.45, 2.75) is 19.3 Å². The van der Waals surface area contributed by atoms with E-state index in [9.17, 15) is 4.79 Å². The Bertz CT molecular complexity index is 1410. The summed E-state index contributed by atoms with van der Waals surface area (Å²) in [6.07, 6.45) is 0.810. The molecule has 2 heterocycles. The van der Waals surface area contributed by atoms with Crippen LogP contribution in [0.4, 0.5) is 5.69 Å². The van der Waals surface area contributed by atoms with Crippen LogP contribution in [0.3, 0.4) is 0 Å². The fraction of sp³-hybridized carbons (Fsp3) is 0.296. The van der Waals surface area contributed by atoms with Crippen LogP contribution in [0.25, 0.3) is 21.7 Å². The van der Waals surface area contributed by atoms with Gasteiger partial charge in [-0.25, -0.2) is 0 Å². The molecule has 34 heavy (non-hydrogen) atoms. The minimum Gasteiger partial charge on any atom is -0.493 e. The zero-order valence-corrected chi connectivity index (χ0v) is 19.9. The topological polar surface area (TPSA) is 89.8 Å². The molecule has 0 aliphatic carbocycles. The summed E-state index contributed by atoms with van der Waals surface area (Å²) in [5, 5.41) is 3.22. The summed E-state index contributed by atoms with van der Waals surface area (Å²) in [6, 6.07) is 14.2. The maximum absolute atomic E-state index is 13.7. The predicted octanol–water partition coefficient (Wildman–Crippen LogP) is 4.61. The molecule has 3 N–H and O–H groups in total. The third kappa shape index (κ3) is 3.27. The number of carbonyl (C=O) groups is 1. The number of amides is 1. The van der Waals surface area contributed by atoms with Crippen LogP contribution in [0.2, 0.25) is 0 Å². The molecular formula is C27H29N3O4. The molecule has 1 atom stereocenters. The maximum Gasteiger partial charge on any atom is 0.274 e. The largest absolute Gasteiger partial charge is 0.493 e. The van der Waals surface area contributed by atoms with Gasteiger partial charge in [0.25, 0.3) is 5.91 Å². The first-order chi connectivity index (χ1) is 16.5. The highest BCUT2D eigenvalue weighted by Crippen LogP contribution is 2.44.